The smallest absolute Gasteiger partial charge is 0.164 e. The molecule has 2 aliphatic rings. The van der Waals surface area contributed by atoms with E-state index in [9.17, 15) is 11.0 Å². The van der Waals surface area contributed by atoms with Gasteiger partial charge in [0.1, 0.15) is 0 Å². The van der Waals surface area contributed by atoms with Gasteiger partial charge in [-0.15, -0.1) is 0 Å². The Balaban J connectivity index is 1.33. The van der Waals surface area contributed by atoms with Crippen molar-refractivity contribution in [3.05, 3.63) is 163 Å². The maximum absolute atomic E-state index is 9.74. The third kappa shape index (κ3) is 4.86. The summed E-state index contributed by atoms with van der Waals surface area (Å²) in [7, 11) is 0. The van der Waals surface area contributed by atoms with Crippen LogP contribution in [0.1, 0.15) is 59.6 Å². The standard InChI is InChI=1S/C45H35N3/c1-4-15-31(16-5-1)42-46-43(32-17-6-2-7-18-32)48-44(47-42)39-23-9-8-21-36(39)35-20-14-19-33(29-35)34-25-26-38-37-22-10-11-24-40(37)45(41(38)30-34)27-12-3-13-28-45/h1-2,4-11,14-26,29-30H,3,12-13,27-28H2/i8D,9D,14D,19D,20D,21D,23D,27D2,28D2,29D. The van der Waals surface area contributed by atoms with E-state index in [-0.39, 0.29) is 58.1 Å². The van der Waals surface area contributed by atoms with Gasteiger partial charge in [0.15, 0.2) is 17.5 Å². The van der Waals surface area contributed by atoms with Gasteiger partial charge in [0.25, 0.3) is 0 Å². The average Bonchev–Trinajstić information content (AvgIpc) is 3.55. The summed E-state index contributed by atoms with van der Waals surface area (Å²) < 4.78 is 111. The fraction of sp³-hybridized carbons (Fsp3) is 0.133. The first-order valence-corrected chi connectivity index (χ1v) is 15.9. The molecule has 0 saturated heterocycles. The molecule has 0 bridgehead atoms. The molecule has 1 saturated carbocycles. The number of fused-ring (bicyclic) bond motifs is 5. The molecular formula is C45H35N3. The van der Waals surface area contributed by atoms with E-state index in [0.717, 1.165) is 0 Å². The predicted octanol–water partition coefficient (Wildman–Crippen LogP) is 11.4. The summed E-state index contributed by atoms with van der Waals surface area (Å²) in [6, 6.07) is 25.5. The van der Waals surface area contributed by atoms with Crippen LogP contribution in [0.25, 0.3) is 67.5 Å². The van der Waals surface area contributed by atoms with Crippen LogP contribution in [-0.2, 0) is 5.41 Å². The van der Waals surface area contributed by atoms with E-state index in [1.165, 1.54) is 0 Å². The molecule has 230 valence electrons. The van der Waals surface area contributed by atoms with Crippen LogP contribution < -0.4 is 0 Å². The Bertz CT molecular complexity index is 2830. The van der Waals surface area contributed by atoms with Crippen molar-refractivity contribution < 1.29 is 16.4 Å². The number of benzene rings is 6. The molecule has 7 aromatic rings. The minimum atomic E-state index is -2.04. The Hall–Kier alpha value is -5.67. The second-order valence-corrected chi connectivity index (χ2v) is 11.8. The third-order valence-electron chi connectivity index (χ3n) is 8.95. The molecule has 0 atom stereocenters. The lowest BCUT2D eigenvalue weighted by molar-refractivity contribution is 0.353. The number of hydrogen-bond donors (Lipinski definition) is 0. The molecule has 0 aliphatic heterocycles. The lowest BCUT2D eigenvalue weighted by atomic mass is 9.67. The van der Waals surface area contributed by atoms with E-state index >= 15 is 0 Å². The summed E-state index contributed by atoms with van der Waals surface area (Å²) in [6.07, 6.45) is -3.53. The number of rotatable bonds is 5. The highest BCUT2D eigenvalue weighted by atomic mass is 15.0. The van der Waals surface area contributed by atoms with Crippen molar-refractivity contribution in [3.63, 3.8) is 0 Å². The quantitative estimate of drug-likeness (QED) is 0.190. The fourth-order valence-corrected chi connectivity index (χ4v) is 6.72. The Labute approximate surface area is 298 Å². The van der Waals surface area contributed by atoms with Crippen LogP contribution >= 0.6 is 0 Å². The highest BCUT2D eigenvalue weighted by Gasteiger charge is 2.43. The Kier molecular flexibility index (Phi) is 4.59. The van der Waals surface area contributed by atoms with Gasteiger partial charge in [-0.25, -0.2) is 15.0 Å². The van der Waals surface area contributed by atoms with Crippen LogP contribution in [-0.4, -0.2) is 15.0 Å². The van der Waals surface area contributed by atoms with Crippen molar-refractivity contribution >= 4 is 0 Å². The van der Waals surface area contributed by atoms with Gasteiger partial charge in [-0.2, -0.15) is 0 Å². The molecule has 6 aromatic carbocycles. The molecule has 3 heteroatoms. The van der Waals surface area contributed by atoms with Gasteiger partial charge in [-0.1, -0.05) is 159 Å². The van der Waals surface area contributed by atoms with Gasteiger partial charge in [0, 0.05) is 27.6 Å². The Morgan fingerprint density at radius 3 is 1.79 bits per heavy atom. The molecule has 0 amide bonds. The number of aromatic nitrogens is 3. The van der Waals surface area contributed by atoms with Crippen LogP contribution in [0.15, 0.2) is 151 Å². The summed E-state index contributed by atoms with van der Waals surface area (Å²) in [5.74, 6) is 0.244. The second kappa shape index (κ2) is 11.8. The fourth-order valence-electron chi connectivity index (χ4n) is 6.72. The van der Waals surface area contributed by atoms with Crippen LogP contribution in [0.5, 0.6) is 0 Å². The van der Waals surface area contributed by atoms with E-state index in [4.69, 9.17) is 20.4 Å². The van der Waals surface area contributed by atoms with Gasteiger partial charge in [0.05, 0.1) is 11.0 Å². The summed E-state index contributed by atoms with van der Waals surface area (Å²) >= 11 is 0. The monoisotopic (exact) mass is 629 g/mol. The summed E-state index contributed by atoms with van der Waals surface area (Å²) in [5, 5.41) is 0. The molecule has 0 N–H and O–H groups in total. The molecule has 1 fully saturated rings. The molecule has 3 nitrogen and oxygen atoms in total. The molecule has 0 radical (unpaired) electrons. The van der Waals surface area contributed by atoms with E-state index in [2.05, 4.69) is 0 Å². The van der Waals surface area contributed by atoms with Crippen LogP contribution in [0.4, 0.5) is 0 Å². The highest BCUT2D eigenvalue weighted by molar-refractivity contribution is 5.87. The largest absolute Gasteiger partial charge is 0.208 e. The van der Waals surface area contributed by atoms with E-state index in [0.29, 0.717) is 39.8 Å². The predicted molar refractivity (Wildman–Crippen MR) is 196 cm³/mol. The summed E-state index contributed by atoms with van der Waals surface area (Å²) in [6.45, 7) is 0. The summed E-state index contributed by atoms with van der Waals surface area (Å²) in [5.41, 5.74) is 0.790. The molecule has 2 aliphatic carbocycles. The lowest BCUT2D eigenvalue weighted by Crippen LogP contribution is -2.28. The molecule has 0 unspecified atom stereocenters. The van der Waals surface area contributed by atoms with Crippen molar-refractivity contribution in [2.75, 3.05) is 0 Å². The number of nitrogens with zero attached hydrogens (tertiary/aromatic N) is 3. The van der Waals surface area contributed by atoms with Crippen LogP contribution in [0.3, 0.4) is 0 Å². The Morgan fingerprint density at radius 1 is 0.458 bits per heavy atom. The maximum atomic E-state index is 9.74. The van der Waals surface area contributed by atoms with Crippen molar-refractivity contribution in [1.82, 2.24) is 15.0 Å². The average molecular weight is 630 g/mol. The third-order valence-corrected chi connectivity index (χ3v) is 8.95. The molecule has 1 aromatic heterocycles. The molecule has 9 rings (SSSR count). The second-order valence-electron chi connectivity index (χ2n) is 11.8. The minimum Gasteiger partial charge on any atom is -0.208 e. The van der Waals surface area contributed by atoms with E-state index in [1.54, 1.807) is 78.9 Å². The van der Waals surface area contributed by atoms with Crippen molar-refractivity contribution in [2.45, 2.75) is 37.4 Å². The SMILES string of the molecule is [2H]c1c([2H])c(-c2ccc3c(c2)C2(c4ccccc4-3)C([2H])([2H])CCCC2([2H])[2H])c([2H])c(-c2c([2H])c([2H])c([2H])c([2H])c2-c2nc(-c3ccccc3)nc(-c3ccccc3)n2)c1[2H]. The van der Waals surface area contributed by atoms with Crippen molar-refractivity contribution in [1.29, 1.82) is 0 Å². The lowest BCUT2D eigenvalue weighted by Gasteiger charge is -2.36. The first-order valence-electron chi connectivity index (χ1n) is 21.9. The first kappa shape index (κ1) is 18.6. The van der Waals surface area contributed by atoms with E-state index < -0.39 is 66.5 Å². The zero-order chi connectivity index (χ0) is 42.5. The Morgan fingerprint density at radius 2 is 1.06 bits per heavy atom. The molecule has 1 spiro atoms. The molecule has 1 heterocycles. The highest BCUT2D eigenvalue weighted by Crippen LogP contribution is 2.56. The zero-order valence-electron chi connectivity index (χ0n) is 37.8. The van der Waals surface area contributed by atoms with Gasteiger partial charge in [-0.05, 0) is 69.4 Å². The first-order chi connectivity index (χ1) is 28.6. The van der Waals surface area contributed by atoms with Gasteiger partial charge in [-0.3, -0.25) is 0 Å². The minimum absolute atomic E-state index is 0.105. The van der Waals surface area contributed by atoms with Crippen molar-refractivity contribution in [3.8, 4) is 67.5 Å². The molecule has 48 heavy (non-hydrogen) atoms. The van der Waals surface area contributed by atoms with Crippen molar-refractivity contribution in [2.24, 2.45) is 0 Å². The molecular weight excluding hydrogens is 583 g/mol. The normalized spacial score (nSPS) is 20.1. The van der Waals surface area contributed by atoms with E-state index in [1.807, 2.05) is 24.3 Å². The van der Waals surface area contributed by atoms with Gasteiger partial charge < -0.3 is 0 Å². The number of hydrogen-bond acceptors (Lipinski definition) is 3. The van der Waals surface area contributed by atoms with Gasteiger partial charge in [0.2, 0.25) is 0 Å². The maximum Gasteiger partial charge on any atom is 0.164 e. The van der Waals surface area contributed by atoms with Gasteiger partial charge >= 0.3 is 0 Å². The summed E-state index contributed by atoms with van der Waals surface area (Å²) in [4.78, 5) is 14.2. The zero-order valence-corrected chi connectivity index (χ0v) is 25.8. The topological polar surface area (TPSA) is 38.7 Å². The van der Waals surface area contributed by atoms with Crippen LogP contribution in [0, 0.1) is 0 Å². The van der Waals surface area contributed by atoms with Crippen LogP contribution in [0.2, 0.25) is 0 Å².